The van der Waals surface area contributed by atoms with Crippen LogP contribution < -0.4 is 10.6 Å². The number of carbonyl (C=O) groups excluding carboxylic acids is 1. The van der Waals surface area contributed by atoms with Gasteiger partial charge in [-0.05, 0) is 65.1 Å². The summed E-state index contributed by atoms with van der Waals surface area (Å²) in [7, 11) is 0. The summed E-state index contributed by atoms with van der Waals surface area (Å²) in [5, 5.41) is 6.17. The van der Waals surface area contributed by atoms with Gasteiger partial charge in [0, 0.05) is 34.3 Å². The number of hydrogen-bond donors (Lipinski definition) is 2. The lowest BCUT2D eigenvalue weighted by atomic mass is 10.2. The topological polar surface area (TPSA) is 63.2 Å². The van der Waals surface area contributed by atoms with E-state index in [2.05, 4.69) is 47.5 Å². The molecule has 1 heterocycles. The largest absolute Gasteiger partial charge is 0.444 e. The smallest absolute Gasteiger partial charge is 0.407 e. The molecule has 1 unspecified atom stereocenters. The maximum Gasteiger partial charge on any atom is 0.407 e. The van der Waals surface area contributed by atoms with Gasteiger partial charge < -0.3 is 15.4 Å². The molecule has 1 rings (SSSR count). The van der Waals surface area contributed by atoms with Crippen LogP contribution in [0.15, 0.2) is 21.2 Å². The minimum Gasteiger partial charge on any atom is -0.444 e. The zero-order valence-corrected chi connectivity index (χ0v) is 16.5. The van der Waals surface area contributed by atoms with E-state index in [0.717, 1.165) is 21.1 Å². The first-order valence-corrected chi connectivity index (χ1v) is 8.80. The predicted molar refractivity (Wildman–Crippen MR) is 94.8 cm³/mol. The van der Waals surface area contributed by atoms with E-state index in [4.69, 9.17) is 4.74 Å². The van der Waals surface area contributed by atoms with Crippen LogP contribution in [0.25, 0.3) is 0 Å². The summed E-state index contributed by atoms with van der Waals surface area (Å²) in [6.07, 6.45) is 2.20. The standard InChI is InChI=1S/C15H23Br2N3O2/c1-5-11(20-14(21)22-15(2,3)4)8-18-9-13-12(17)6-10(16)7-19-13/h6-7,11,18H,5,8-9H2,1-4H3,(H,20,21). The number of aromatic nitrogens is 1. The molecular formula is C15H23Br2N3O2. The normalized spacial score (nSPS) is 12.8. The van der Waals surface area contributed by atoms with E-state index in [1.54, 1.807) is 6.20 Å². The number of nitrogens with zero attached hydrogens (tertiary/aromatic N) is 1. The summed E-state index contributed by atoms with van der Waals surface area (Å²) in [4.78, 5) is 16.1. The molecule has 1 aromatic heterocycles. The summed E-state index contributed by atoms with van der Waals surface area (Å²) in [6, 6.07) is 1.98. The van der Waals surface area contributed by atoms with Crippen molar-refractivity contribution < 1.29 is 9.53 Å². The molecule has 0 aliphatic carbocycles. The molecule has 0 bridgehead atoms. The van der Waals surface area contributed by atoms with Gasteiger partial charge in [0.15, 0.2) is 0 Å². The zero-order chi connectivity index (χ0) is 16.8. The molecule has 1 amide bonds. The Hall–Kier alpha value is -0.660. The molecule has 0 aromatic carbocycles. The van der Waals surface area contributed by atoms with Crippen molar-refractivity contribution in [1.82, 2.24) is 15.6 Å². The van der Waals surface area contributed by atoms with Gasteiger partial charge in [0.1, 0.15) is 5.60 Å². The number of carbonyl (C=O) groups is 1. The number of amides is 1. The molecule has 0 fully saturated rings. The van der Waals surface area contributed by atoms with Gasteiger partial charge in [-0.3, -0.25) is 4.98 Å². The van der Waals surface area contributed by atoms with Crippen molar-refractivity contribution in [3.63, 3.8) is 0 Å². The van der Waals surface area contributed by atoms with Crippen LogP contribution in [0.1, 0.15) is 39.8 Å². The van der Waals surface area contributed by atoms with Gasteiger partial charge in [-0.15, -0.1) is 0 Å². The molecule has 1 aromatic rings. The van der Waals surface area contributed by atoms with Crippen LogP contribution in [-0.2, 0) is 11.3 Å². The van der Waals surface area contributed by atoms with Crippen LogP contribution in [0.3, 0.4) is 0 Å². The Morgan fingerprint density at radius 3 is 2.64 bits per heavy atom. The monoisotopic (exact) mass is 435 g/mol. The van der Waals surface area contributed by atoms with Crippen molar-refractivity contribution in [3.05, 3.63) is 26.9 Å². The van der Waals surface area contributed by atoms with E-state index in [-0.39, 0.29) is 12.1 Å². The lowest BCUT2D eigenvalue weighted by Crippen LogP contribution is -2.43. The highest BCUT2D eigenvalue weighted by Crippen LogP contribution is 2.19. The molecule has 124 valence electrons. The highest BCUT2D eigenvalue weighted by atomic mass is 79.9. The summed E-state index contributed by atoms with van der Waals surface area (Å²) in [6.45, 7) is 8.85. The Balaban J connectivity index is 2.42. The van der Waals surface area contributed by atoms with E-state index in [1.807, 2.05) is 33.8 Å². The number of hydrogen-bond acceptors (Lipinski definition) is 4. The molecule has 0 radical (unpaired) electrons. The second kappa shape index (κ2) is 8.84. The van der Waals surface area contributed by atoms with Gasteiger partial charge in [0.25, 0.3) is 0 Å². The molecule has 0 aliphatic rings. The highest BCUT2D eigenvalue weighted by Gasteiger charge is 2.18. The van der Waals surface area contributed by atoms with Crippen molar-refractivity contribution in [2.24, 2.45) is 0 Å². The van der Waals surface area contributed by atoms with Gasteiger partial charge in [-0.1, -0.05) is 6.92 Å². The summed E-state index contributed by atoms with van der Waals surface area (Å²) >= 11 is 6.86. The molecular weight excluding hydrogens is 414 g/mol. The zero-order valence-electron chi connectivity index (χ0n) is 13.4. The van der Waals surface area contributed by atoms with Crippen molar-refractivity contribution in [2.45, 2.75) is 52.3 Å². The molecule has 0 saturated carbocycles. The third-order valence-electron chi connectivity index (χ3n) is 2.78. The van der Waals surface area contributed by atoms with E-state index in [9.17, 15) is 4.79 Å². The molecule has 1 atom stereocenters. The van der Waals surface area contributed by atoms with Crippen LogP contribution in [-0.4, -0.2) is 29.3 Å². The molecule has 0 spiro atoms. The summed E-state index contributed by atoms with van der Waals surface area (Å²) < 4.78 is 7.14. The van der Waals surface area contributed by atoms with Crippen LogP contribution in [0, 0.1) is 0 Å². The molecule has 0 saturated heterocycles. The van der Waals surface area contributed by atoms with Crippen LogP contribution in [0.4, 0.5) is 4.79 Å². The first kappa shape index (κ1) is 19.4. The summed E-state index contributed by atoms with van der Waals surface area (Å²) in [5.41, 5.74) is 0.442. The predicted octanol–water partition coefficient (Wildman–Crippen LogP) is 4.00. The first-order chi connectivity index (χ1) is 10.2. The number of ether oxygens (including phenoxy) is 1. The lowest BCUT2D eigenvalue weighted by molar-refractivity contribution is 0.0502. The number of pyridine rings is 1. The number of halogens is 2. The van der Waals surface area contributed by atoms with Crippen LogP contribution >= 0.6 is 31.9 Å². The van der Waals surface area contributed by atoms with E-state index in [1.165, 1.54) is 0 Å². The van der Waals surface area contributed by atoms with Gasteiger partial charge in [0.2, 0.25) is 0 Å². The van der Waals surface area contributed by atoms with Crippen molar-refractivity contribution in [3.8, 4) is 0 Å². The number of rotatable bonds is 6. The maximum absolute atomic E-state index is 11.8. The van der Waals surface area contributed by atoms with Crippen LogP contribution in [0.5, 0.6) is 0 Å². The third-order valence-corrected chi connectivity index (χ3v) is 3.90. The Labute approximate surface area is 148 Å². The first-order valence-electron chi connectivity index (χ1n) is 7.21. The Morgan fingerprint density at radius 2 is 2.09 bits per heavy atom. The van der Waals surface area contributed by atoms with E-state index >= 15 is 0 Å². The van der Waals surface area contributed by atoms with E-state index < -0.39 is 5.60 Å². The quantitative estimate of drug-likeness (QED) is 0.707. The van der Waals surface area contributed by atoms with Gasteiger partial charge in [-0.2, -0.15) is 0 Å². The van der Waals surface area contributed by atoms with Crippen molar-refractivity contribution in [2.75, 3.05) is 6.54 Å². The lowest BCUT2D eigenvalue weighted by Gasteiger charge is -2.23. The van der Waals surface area contributed by atoms with Gasteiger partial charge in [-0.25, -0.2) is 4.79 Å². The van der Waals surface area contributed by atoms with Crippen LogP contribution in [0.2, 0.25) is 0 Å². The minimum atomic E-state index is -0.484. The maximum atomic E-state index is 11.8. The Morgan fingerprint density at radius 1 is 1.41 bits per heavy atom. The Kier molecular flexibility index (Phi) is 7.79. The average molecular weight is 437 g/mol. The van der Waals surface area contributed by atoms with Gasteiger partial charge >= 0.3 is 6.09 Å². The van der Waals surface area contributed by atoms with Crippen molar-refractivity contribution in [1.29, 1.82) is 0 Å². The van der Waals surface area contributed by atoms with Gasteiger partial charge in [0.05, 0.1) is 5.69 Å². The minimum absolute atomic E-state index is 0.0177. The second-order valence-electron chi connectivity index (χ2n) is 5.96. The molecule has 7 heteroatoms. The van der Waals surface area contributed by atoms with Crippen molar-refractivity contribution >= 4 is 38.0 Å². The Bertz CT molecular complexity index is 504. The fourth-order valence-corrected chi connectivity index (χ4v) is 2.84. The fraction of sp³-hybridized carbons (Fsp3) is 0.600. The molecule has 5 nitrogen and oxygen atoms in total. The molecule has 22 heavy (non-hydrogen) atoms. The second-order valence-corrected chi connectivity index (χ2v) is 7.73. The number of alkyl carbamates (subject to hydrolysis) is 1. The average Bonchev–Trinajstić information content (AvgIpc) is 2.37. The highest BCUT2D eigenvalue weighted by molar-refractivity contribution is 9.11. The SMILES string of the molecule is CCC(CNCc1ncc(Br)cc1Br)NC(=O)OC(C)(C)C. The summed E-state index contributed by atoms with van der Waals surface area (Å²) in [5.74, 6) is 0. The molecule has 0 aliphatic heterocycles. The number of nitrogens with one attached hydrogen (secondary N) is 2. The molecule has 2 N–H and O–H groups in total. The van der Waals surface area contributed by atoms with E-state index in [0.29, 0.717) is 13.1 Å². The fourth-order valence-electron chi connectivity index (χ4n) is 1.71. The third kappa shape index (κ3) is 7.56.